The molecule has 0 aliphatic carbocycles. The molecule has 0 saturated heterocycles. The first-order chi connectivity index (χ1) is 10.3. The maximum Gasteiger partial charge on any atom is 0.337 e. The van der Waals surface area contributed by atoms with Crippen molar-refractivity contribution < 1.29 is 23.2 Å². The van der Waals surface area contributed by atoms with Crippen LogP contribution in [-0.2, 0) is 10.0 Å². The van der Waals surface area contributed by atoms with E-state index < -0.39 is 31.5 Å². The first kappa shape index (κ1) is 15.4. The number of aromatic nitrogens is 1. The van der Waals surface area contributed by atoms with Crippen LogP contribution in [0.25, 0.3) is 0 Å². The summed E-state index contributed by atoms with van der Waals surface area (Å²) in [6.07, 6.45) is 2.14. The van der Waals surface area contributed by atoms with Crippen molar-refractivity contribution in [1.29, 1.82) is 0 Å². The van der Waals surface area contributed by atoms with Crippen LogP contribution in [0.1, 0.15) is 10.4 Å². The molecular formula is C12H9N3O6S. The number of hydrogen-bond donors (Lipinski definition) is 2. The lowest BCUT2D eigenvalue weighted by Crippen LogP contribution is -2.15. The zero-order valence-corrected chi connectivity index (χ0v) is 11.6. The number of carbonyl (C=O) groups is 1. The van der Waals surface area contributed by atoms with Gasteiger partial charge in [-0.15, -0.1) is 0 Å². The number of benzene rings is 1. The van der Waals surface area contributed by atoms with Crippen LogP contribution in [0.3, 0.4) is 0 Å². The van der Waals surface area contributed by atoms with E-state index >= 15 is 0 Å². The molecule has 0 fully saturated rings. The van der Waals surface area contributed by atoms with E-state index in [0.717, 1.165) is 30.6 Å². The largest absolute Gasteiger partial charge is 0.478 e. The van der Waals surface area contributed by atoms with Crippen molar-refractivity contribution in [3.05, 3.63) is 58.4 Å². The number of hydrogen-bond acceptors (Lipinski definition) is 6. The molecule has 10 heteroatoms. The van der Waals surface area contributed by atoms with E-state index in [0.29, 0.717) is 0 Å². The van der Waals surface area contributed by atoms with Gasteiger partial charge in [-0.05, 0) is 12.1 Å². The van der Waals surface area contributed by atoms with Crippen LogP contribution in [-0.4, -0.2) is 29.4 Å². The molecule has 22 heavy (non-hydrogen) atoms. The molecule has 1 aromatic heterocycles. The van der Waals surface area contributed by atoms with Crippen molar-refractivity contribution in [3.8, 4) is 0 Å². The van der Waals surface area contributed by atoms with E-state index in [2.05, 4.69) is 9.71 Å². The molecular weight excluding hydrogens is 314 g/mol. The second-order valence-corrected chi connectivity index (χ2v) is 5.75. The van der Waals surface area contributed by atoms with Crippen molar-refractivity contribution in [3.63, 3.8) is 0 Å². The van der Waals surface area contributed by atoms with Crippen LogP contribution in [0, 0.1) is 10.1 Å². The Balaban J connectivity index is 2.43. The molecule has 9 nitrogen and oxygen atoms in total. The topological polar surface area (TPSA) is 140 Å². The van der Waals surface area contributed by atoms with Gasteiger partial charge in [-0.25, -0.2) is 13.2 Å². The zero-order valence-electron chi connectivity index (χ0n) is 10.8. The predicted molar refractivity (Wildman–Crippen MR) is 75.1 cm³/mol. The monoisotopic (exact) mass is 323 g/mol. The highest BCUT2D eigenvalue weighted by Crippen LogP contribution is 2.25. The van der Waals surface area contributed by atoms with Crippen LogP contribution in [0.4, 0.5) is 11.4 Å². The van der Waals surface area contributed by atoms with Crippen molar-refractivity contribution in [2.24, 2.45) is 0 Å². The van der Waals surface area contributed by atoms with Crippen LogP contribution < -0.4 is 4.72 Å². The van der Waals surface area contributed by atoms with Crippen molar-refractivity contribution >= 4 is 27.4 Å². The van der Waals surface area contributed by atoms with E-state index in [9.17, 15) is 23.3 Å². The first-order valence-electron chi connectivity index (χ1n) is 5.76. The molecule has 0 amide bonds. The minimum atomic E-state index is -4.26. The third-order valence-electron chi connectivity index (χ3n) is 2.59. The second kappa shape index (κ2) is 5.77. The second-order valence-electron chi connectivity index (χ2n) is 4.10. The molecule has 114 valence electrons. The van der Waals surface area contributed by atoms with E-state index in [1.807, 2.05) is 0 Å². The SMILES string of the molecule is O=C(O)c1cncc(NS(=O)(=O)c2ccccc2[N+](=O)[O-])c1. The molecule has 2 rings (SSSR count). The molecule has 0 spiro atoms. The smallest absolute Gasteiger partial charge is 0.337 e. The molecule has 0 atom stereocenters. The van der Waals surface area contributed by atoms with Gasteiger partial charge in [0.25, 0.3) is 15.7 Å². The fraction of sp³-hybridized carbons (Fsp3) is 0. The van der Waals surface area contributed by atoms with Crippen molar-refractivity contribution in [2.45, 2.75) is 4.90 Å². The van der Waals surface area contributed by atoms with E-state index in [4.69, 9.17) is 5.11 Å². The summed E-state index contributed by atoms with van der Waals surface area (Å²) in [7, 11) is -4.26. The van der Waals surface area contributed by atoms with Gasteiger partial charge >= 0.3 is 5.97 Å². The third-order valence-corrected chi connectivity index (χ3v) is 4.02. The van der Waals surface area contributed by atoms with Gasteiger partial charge in [-0.1, -0.05) is 12.1 Å². The number of anilines is 1. The Labute approximate surface area is 124 Å². The summed E-state index contributed by atoms with van der Waals surface area (Å²) in [5, 5.41) is 19.7. The number of nitrogens with one attached hydrogen (secondary N) is 1. The van der Waals surface area contributed by atoms with E-state index in [1.54, 1.807) is 0 Å². The summed E-state index contributed by atoms with van der Waals surface area (Å²) >= 11 is 0. The number of pyridine rings is 1. The Morgan fingerprint density at radius 3 is 2.59 bits per heavy atom. The lowest BCUT2D eigenvalue weighted by Gasteiger charge is -2.08. The van der Waals surface area contributed by atoms with Gasteiger partial charge < -0.3 is 5.11 Å². The standard InChI is InChI=1S/C12H9N3O6S/c16-12(17)8-5-9(7-13-6-8)14-22(20,21)11-4-2-1-3-10(11)15(18)19/h1-7,14H,(H,16,17). The normalized spacial score (nSPS) is 10.9. The van der Waals surface area contributed by atoms with Gasteiger partial charge in [0, 0.05) is 12.3 Å². The Bertz CT molecular complexity index is 849. The van der Waals surface area contributed by atoms with Crippen molar-refractivity contribution in [1.82, 2.24) is 4.98 Å². The van der Waals surface area contributed by atoms with Crippen LogP contribution in [0.2, 0.25) is 0 Å². The number of nitro groups is 1. The van der Waals surface area contributed by atoms with Gasteiger partial charge in [0.2, 0.25) is 0 Å². The number of nitro benzene ring substituents is 1. The Morgan fingerprint density at radius 2 is 1.95 bits per heavy atom. The van der Waals surface area contributed by atoms with Gasteiger partial charge in [0.05, 0.1) is 22.4 Å². The quantitative estimate of drug-likeness (QED) is 0.627. The van der Waals surface area contributed by atoms with Crippen LogP contribution in [0.15, 0.2) is 47.6 Å². The molecule has 2 N–H and O–H groups in total. The minimum Gasteiger partial charge on any atom is -0.478 e. The maximum atomic E-state index is 12.2. The predicted octanol–water partition coefficient (Wildman–Crippen LogP) is 1.49. The Morgan fingerprint density at radius 1 is 1.27 bits per heavy atom. The molecule has 0 aliphatic rings. The highest BCUT2D eigenvalue weighted by Gasteiger charge is 2.25. The number of nitrogens with zero attached hydrogens (tertiary/aromatic N) is 2. The Hall–Kier alpha value is -3.01. The molecule has 1 heterocycles. The van der Waals surface area contributed by atoms with Gasteiger partial charge in [0.15, 0.2) is 4.90 Å². The van der Waals surface area contributed by atoms with E-state index in [1.165, 1.54) is 12.1 Å². The van der Waals surface area contributed by atoms with Gasteiger partial charge in [0.1, 0.15) is 0 Å². The number of aromatic carboxylic acids is 1. The molecule has 0 saturated carbocycles. The summed E-state index contributed by atoms with van der Waals surface area (Å²) in [6.45, 7) is 0. The molecule has 1 aromatic carbocycles. The highest BCUT2D eigenvalue weighted by molar-refractivity contribution is 7.92. The minimum absolute atomic E-state index is 0.113. The molecule has 0 bridgehead atoms. The number of carboxylic acid groups (broad SMARTS) is 1. The van der Waals surface area contributed by atoms with Crippen LogP contribution >= 0.6 is 0 Å². The fourth-order valence-electron chi connectivity index (χ4n) is 1.66. The first-order valence-corrected chi connectivity index (χ1v) is 7.24. The third kappa shape index (κ3) is 3.17. The van der Waals surface area contributed by atoms with Crippen molar-refractivity contribution in [2.75, 3.05) is 4.72 Å². The molecule has 0 radical (unpaired) electrons. The number of sulfonamides is 1. The lowest BCUT2D eigenvalue weighted by molar-refractivity contribution is -0.387. The van der Waals surface area contributed by atoms with E-state index in [-0.39, 0.29) is 11.3 Å². The lowest BCUT2D eigenvalue weighted by atomic mass is 10.3. The van der Waals surface area contributed by atoms with Gasteiger partial charge in [-0.3, -0.25) is 19.8 Å². The Kier molecular flexibility index (Phi) is 4.04. The van der Waals surface area contributed by atoms with Crippen LogP contribution in [0.5, 0.6) is 0 Å². The number of carboxylic acids is 1. The summed E-state index contributed by atoms with van der Waals surface area (Å²) in [5.74, 6) is -1.28. The molecule has 0 unspecified atom stereocenters. The molecule has 0 aliphatic heterocycles. The average molecular weight is 323 g/mol. The maximum absolute atomic E-state index is 12.2. The number of rotatable bonds is 5. The fourth-order valence-corrected chi connectivity index (χ4v) is 2.87. The summed E-state index contributed by atoms with van der Waals surface area (Å²) in [5.41, 5.74) is -0.918. The summed E-state index contributed by atoms with van der Waals surface area (Å²) in [6, 6.07) is 5.87. The number of para-hydroxylation sites is 1. The zero-order chi connectivity index (χ0) is 16.3. The molecule has 2 aromatic rings. The summed E-state index contributed by atoms with van der Waals surface area (Å²) in [4.78, 5) is 24.0. The average Bonchev–Trinajstić information content (AvgIpc) is 2.47. The van der Waals surface area contributed by atoms with Gasteiger partial charge in [-0.2, -0.15) is 0 Å². The summed E-state index contributed by atoms with van der Waals surface area (Å²) < 4.78 is 26.5. The highest BCUT2D eigenvalue weighted by atomic mass is 32.2.